The highest BCUT2D eigenvalue weighted by Gasteiger charge is 2.21. The molecule has 2 N–H and O–H groups in total. The number of hydrogen-bond donors (Lipinski definition) is 2. The molecule has 10 heteroatoms. The minimum absolute atomic E-state index is 0.255. The number of ether oxygens (including phenoxy) is 4. The summed E-state index contributed by atoms with van der Waals surface area (Å²) >= 11 is 0. The van der Waals surface area contributed by atoms with Crippen molar-refractivity contribution in [1.82, 2.24) is 0 Å². The summed E-state index contributed by atoms with van der Waals surface area (Å²) in [4.78, 5) is 46.9. The van der Waals surface area contributed by atoms with Crippen LogP contribution >= 0.6 is 0 Å². The molecule has 0 saturated heterocycles. The quantitative estimate of drug-likeness (QED) is 0.390. The van der Waals surface area contributed by atoms with Gasteiger partial charge in [-0.25, -0.2) is 9.59 Å². The summed E-state index contributed by atoms with van der Waals surface area (Å²) in [6.45, 7) is 6.55. The van der Waals surface area contributed by atoms with E-state index in [2.05, 4.69) is 10.6 Å². The van der Waals surface area contributed by atoms with E-state index in [-0.39, 0.29) is 24.8 Å². The smallest absolute Gasteiger partial charge is 0.412 e. The van der Waals surface area contributed by atoms with Crippen LogP contribution in [0.2, 0.25) is 0 Å². The fourth-order valence-corrected chi connectivity index (χ4v) is 2.44. The number of carbonyl (C=O) groups is 4. The van der Waals surface area contributed by atoms with Gasteiger partial charge in [-0.05, 0) is 62.4 Å². The van der Waals surface area contributed by atoms with Gasteiger partial charge >= 0.3 is 24.1 Å². The first-order chi connectivity index (χ1) is 16.2. The molecule has 0 bridgehead atoms. The molecule has 2 amide bonds. The summed E-state index contributed by atoms with van der Waals surface area (Å²) in [5.74, 6) is 0.00972. The van der Waals surface area contributed by atoms with Crippen molar-refractivity contribution in [2.24, 2.45) is 0 Å². The molecule has 0 saturated carbocycles. The molecule has 2 unspecified atom stereocenters. The van der Waals surface area contributed by atoms with Crippen LogP contribution in [0.15, 0.2) is 48.5 Å². The summed E-state index contributed by atoms with van der Waals surface area (Å²) in [5, 5.41) is 5.09. The first-order valence-corrected chi connectivity index (χ1v) is 10.8. The lowest BCUT2D eigenvalue weighted by atomic mass is 10.2. The van der Waals surface area contributed by atoms with Crippen LogP contribution in [0.3, 0.4) is 0 Å². The molecule has 0 aliphatic heterocycles. The number of nitrogens with one attached hydrogen (secondary N) is 2. The molecule has 182 valence electrons. The molecule has 0 aromatic heterocycles. The highest BCUT2D eigenvalue weighted by atomic mass is 16.6. The van der Waals surface area contributed by atoms with E-state index in [0.717, 1.165) is 0 Å². The van der Waals surface area contributed by atoms with Crippen LogP contribution in [-0.2, 0) is 19.1 Å². The zero-order chi connectivity index (χ0) is 25.1. The van der Waals surface area contributed by atoms with Crippen molar-refractivity contribution in [3.8, 4) is 11.5 Å². The van der Waals surface area contributed by atoms with Crippen molar-refractivity contribution in [3.63, 3.8) is 0 Å². The second-order valence-electron chi connectivity index (χ2n) is 7.17. The predicted molar refractivity (Wildman–Crippen MR) is 124 cm³/mol. The minimum atomic E-state index is -0.744. The van der Waals surface area contributed by atoms with E-state index in [9.17, 15) is 19.2 Å². The average Bonchev–Trinajstić information content (AvgIpc) is 2.81. The summed E-state index contributed by atoms with van der Waals surface area (Å²) < 4.78 is 20.6. The maximum atomic E-state index is 12.1. The van der Waals surface area contributed by atoms with E-state index >= 15 is 0 Å². The summed E-state index contributed by atoms with van der Waals surface area (Å²) in [6, 6.07) is 12.4. The van der Waals surface area contributed by atoms with Crippen LogP contribution in [0, 0.1) is 0 Å². The lowest BCUT2D eigenvalue weighted by molar-refractivity contribution is -0.134. The van der Waals surface area contributed by atoms with Crippen LogP contribution in [0.4, 0.5) is 21.0 Å². The lowest BCUT2D eigenvalue weighted by Gasteiger charge is -2.21. The summed E-state index contributed by atoms with van der Waals surface area (Å²) in [6.07, 6.45) is -2.45. The zero-order valence-electron chi connectivity index (χ0n) is 19.5. The highest BCUT2D eigenvalue weighted by Crippen LogP contribution is 2.18. The Morgan fingerprint density at radius 3 is 1.26 bits per heavy atom. The van der Waals surface area contributed by atoms with Gasteiger partial charge in [0, 0.05) is 24.2 Å². The van der Waals surface area contributed by atoms with Gasteiger partial charge in [-0.3, -0.25) is 20.2 Å². The normalized spacial score (nSPS) is 12.0. The van der Waals surface area contributed by atoms with E-state index in [0.29, 0.717) is 22.9 Å². The van der Waals surface area contributed by atoms with Gasteiger partial charge in [0.25, 0.3) is 0 Å². The van der Waals surface area contributed by atoms with Crippen molar-refractivity contribution < 1.29 is 38.1 Å². The van der Waals surface area contributed by atoms with Gasteiger partial charge in [0.1, 0.15) is 23.7 Å². The number of benzene rings is 2. The van der Waals surface area contributed by atoms with Gasteiger partial charge in [-0.1, -0.05) is 13.8 Å². The van der Waals surface area contributed by atoms with Crippen LogP contribution in [0.25, 0.3) is 0 Å². The molecule has 0 radical (unpaired) electrons. The molecule has 2 aromatic rings. The van der Waals surface area contributed by atoms with E-state index in [1.165, 1.54) is 0 Å². The molecule has 34 heavy (non-hydrogen) atoms. The van der Waals surface area contributed by atoms with Crippen molar-refractivity contribution in [2.45, 2.75) is 52.7 Å². The van der Waals surface area contributed by atoms with Crippen molar-refractivity contribution in [1.29, 1.82) is 0 Å². The van der Waals surface area contributed by atoms with Gasteiger partial charge in [0.15, 0.2) is 0 Å². The van der Waals surface area contributed by atoms with Gasteiger partial charge < -0.3 is 18.9 Å². The van der Waals surface area contributed by atoms with Gasteiger partial charge in [0.05, 0.1) is 0 Å². The maximum Gasteiger partial charge on any atom is 0.412 e. The molecular weight excluding hydrogens is 444 g/mol. The Kier molecular flexibility index (Phi) is 9.88. The molecule has 2 rings (SSSR count). The molecule has 0 heterocycles. The Balaban J connectivity index is 1.78. The lowest BCUT2D eigenvalue weighted by Crippen LogP contribution is -2.33. The Morgan fingerprint density at radius 1 is 0.647 bits per heavy atom. The molecule has 10 nitrogen and oxygen atoms in total. The summed E-state index contributed by atoms with van der Waals surface area (Å²) in [5.41, 5.74) is 0.876. The molecule has 0 spiro atoms. The van der Waals surface area contributed by atoms with Gasteiger partial charge in [0.2, 0.25) is 0 Å². The first kappa shape index (κ1) is 26.2. The van der Waals surface area contributed by atoms with E-state index in [1.54, 1.807) is 76.2 Å². The van der Waals surface area contributed by atoms with Crippen LogP contribution in [-0.4, -0.2) is 36.3 Å². The topological polar surface area (TPSA) is 129 Å². The molecular formula is C24H28N2O8. The zero-order valence-corrected chi connectivity index (χ0v) is 19.5. The van der Waals surface area contributed by atoms with Crippen LogP contribution < -0.4 is 20.1 Å². The van der Waals surface area contributed by atoms with Crippen molar-refractivity contribution >= 4 is 35.5 Å². The number of hydrogen-bond acceptors (Lipinski definition) is 8. The largest absolute Gasteiger partial charge is 0.442 e. The number of anilines is 2. The Hall–Kier alpha value is -4.08. The van der Waals surface area contributed by atoms with Crippen molar-refractivity contribution in [3.05, 3.63) is 48.5 Å². The first-order valence-electron chi connectivity index (χ1n) is 10.8. The molecule has 0 aliphatic carbocycles. The highest BCUT2D eigenvalue weighted by molar-refractivity contribution is 5.86. The number of esters is 2. The fraction of sp³-hybridized carbons (Fsp3) is 0.333. The standard InChI is InChI=1S/C24H28N2O8/c1-5-21(27)33-19-11-7-17(8-12-19)25-23(29)31-15(3)16(4)32-24(30)26-18-9-13-20(14-10-18)34-22(28)6-2/h7-16H,5-6H2,1-4H3,(H,25,29)(H,26,30). The van der Waals surface area contributed by atoms with E-state index in [1.807, 2.05) is 0 Å². The average molecular weight is 472 g/mol. The molecule has 0 aliphatic rings. The third-order valence-corrected chi connectivity index (χ3v) is 4.49. The number of carbonyl (C=O) groups excluding carboxylic acids is 4. The third kappa shape index (κ3) is 8.81. The Morgan fingerprint density at radius 2 is 0.971 bits per heavy atom. The van der Waals surface area contributed by atoms with E-state index < -0.39 is 24.4 Å². The minimum Gasteiger partial charge on any atom is -0.442 e. The third-order valence-electron chi connectivity index (χ3n) is 4.49. The monoisotopic (exact) mass is 472 g/mol. The maximum absolute atomic E-state index is 12.1. The van der Waals surface area contributed by atoms with Gasteiger partial charge in [-0.2, -0.15) is 0 Å². The van der Waals surface area contributed by atoms with Crippen LogP contribution in [0.5, 0.6) is 11.5 Å². The second kappa shape index (κ2) is 12.8. The molecule has 2 aromatic carbocycles. The fourth-order valence-electron chi connectivity index (χ4n) is 2.44. The van der Waals surface area contributed by atoms with Crippen molar-refractivity contribution in [2.75, 3.05) is 10.6 Å². The Bertz CT molecular complexity index is 908. The van der Waals surface area contributed by atoms with Crippen LogP contribution in [0.1, 0.15) is 40.5 Å². The predicted octanol–water partition coefficient (Wildman–Crippen LogP) is 4.89. The number of amides is 2. The molecule has 2 atom stereocenters. The Labute approximate surface area is 197 Å². The second-order valence-corrected chi connectivity index (χ2v) is 7.17. The molecule has 0 fully saturated rings. The summed E-state index contributed by atoms with van der Waals surface area (Å²) in [7, 11) is 0. The SMILES string of the molecule is CCC(=O)Oc1ccc(NC(=O)OC(C)C(C)OC(=O)Nc2ccc(OC(=O)CC)cc2)cc1. The van der Waals surface area contributed by atoms with Gasteiger partial charge in [-0.15, -0.1) is 0 Å². The number of rotatable bonds is 9. The van der Waals surface area contributed by atoms with E-state index in [4.69, 9.17) is 18.9 Å².